The topological polar surface area (TPSA) is 63.3 Å². The van der Waals surface area contributed by atoms with Crippen molar-refractivity contribution < 1.29 is 9.90 Å². The van der Waals surface area contributed by atoms with Crippen LogP contribution in [0.4, 0.5) is 0 Å². The van der Waals surface area contributed by atoms with Crippen molar-refractivity contribution in [3.05, 3.63) is 35.4 Å². The third kappa shape index (κ3) is 4.97. The molecule has 0 heterocycles. The lowest BCUT2D eigenvalue weighted by Gasteiger charge is -2.27. The maximum Gasteiger partial charge on any atom is 0.303 e. The maximum absolute atomic E-state index is 10.8. The van der Waals surface area contributed by atoms with Gasteiger partial charge in [-0.1, -0.05) is 58.9 Å². The number of carbonyl (C=O) groups is 1. The lowest BCUT2D eigenvalue weighted by Crippen LogP contribution is -2.24. The van der Waals surface area contributed by atoms with Crippen molar-refractivity contribution in [1.29, 1.82) is 0 Å². The highest BCUT2D eigenvalue weighted by molar-refractivity contribution is 5.67. The van der Waals surface area contributed by atoms with Crippen molar-refractivity contribution in [1.82, 2.24) is 0 Å². The largest absolute Gasteiger partial charge is 0.481 e. The Labute approximate surface area is 122 Å². The van der Waals surface area contributed by atoms with E-state index in [0.717, 1.165) is 5.56 Å². The van der Waals surface area contributed by atoms with Crippen molar-refractivity contribution in [2.75, 3.05) is 0 Å². The Morgan fingerprint density at radius 3 is 2.05 bits per heavy atom. The number of carboxylic acids is 1. The fraction of sp³-hybridized carbons (Fsp3) is 0.588. The van der Waals surface area contributed by atoms with Gasteiger partial charge < -0.3 is 10.8 Å². The second-order valence-corrected chi connectivity index (χ2v) is 7.42. The van der Waals surface area contributed by atoms with Gasteiger partial charge in [0.1, 0.15) is 0 Å². The summed E-state index contributed by atoms with van der Waals surface area (Å²) >= 11 is 0. The zero-order valence-electron chi connectivity index (χ0n) is 13.2. The predicted octanol–water partition coefficient (Wildman–Crippen LogP) is 3.87. The van der Waals surface area contributed by atoms with Crippen molar-refractivity contribution >= 4 is 5.97 Å². The Kier molecular flexibility index (Phi) is 4.98. The summed E-state index contributed by atoms with van der Waals surface area (Å²) in [5.41, 5.74) is 8.40. The van der Waals surface area contributed by atoms with E-state index >= 15 is 0 Å². The molecule has 112 valence electrons. The number of hydrogen-bond donors (Lipinski definition) is 2. The van der Waals surface area contributed by atoms with Gasteiger partial charge in [-0.2, -0.15) is 0 Å². The number of benzene rings is 1. The number of hydrogen-bond acceptors (Lipinski definition) is 2. The number of carboxylic acid groups (broad SMARTS) is 1. The van der Waals surface area contributed by atoms with Crippen molar-refractivity contribution in [2.45, 2.75) is 58.9 Å². The smallest absolute Gasteiger partial charge is 0.303 e. The lowest BCUT2D eigenvalue weighted by molar-refractivity contribution is -0.139. The highest BCUT2D eigenvalue weighted by Crippen LogP contribution is 2.32. The van der Waals surface area contributed by atoms with E-state index < -0.39 is 5.97 Å². The molecule has 0 fully saturated rings. The average molecular weight is 277 g/mol. The highest BCUT2D eigenvalue weighted by Gasteiger charge is 2.25. The zero-order valence-corrected chi connectivity index (χ0v) is 13.2. The Bertz CT molecular complexity index is 455. The minimum Gasteiger partial charge on any atom is -0.481 e. The van der Waals surface area contributed by atoms with Crippen LogP contribution in [0.15, 0.2) is 24.3 Å². The van der Waals surface area contributed by atoms with Gasteiger partial charge in [-0.3, -0.25) is 4.79 Å². The molecule has 0 spiro atoms. The van der Waals surface area contributed by atoms with Crippen LogP contribution >= 0.6 is 0 Å². The summed E-state index contributed by atoms with van der Waals surface area (Å²) in [6.07, 6.45) is 0.801. The molecular weight excluding hydrogens is 250 g/mol. The Morgan fingerprint density at radius 2 is 1.65 bits per heavy atom. The van der Waals surface area contributed by atoms with Crippen LogP contribution in [-0.4, -0.2) is 11.1 Å². The molecular formula is C17H27NO2. The number of aliphatic carboxylic acids is 1. The van der Waals surface area contributed by atoms with Gasteiger partial charge in [-0.15, -0.1) is 0 Å². The summed E-state index contributed by atoms with van der Waals surface area (Å²) in [5.74, 6) is -0.773. The Hall–Kier alpha value is -1.35. The van der Waals surface area contributed by atoms with Crippen molar-refractivity contribution in [3.8, 4) is 0 Å². The molecule has 0 aliphatic rings. The average Bonchev–Trinajstić information content (AvgIpc) is 2.25. The normalized spacial score (nSPS) is 14.1. The van der Waals surface area contributed by atoms with E-state index in [2.05, 4.69) is 45.0 Å². The predicted molar refractivity (Wildman–Crippen MR) is 82.7 cm³/mol. The first-order chi connectivity index (χ1) is 9.01. The van der Waals surface area contributed by atoms with Crippen LogP contribution in [0, 0.1) is 5.41 Å². The maximum atomic E-state index is 10.8. The van der Waals surface area contributed by atoms with E-state index in [9.17, 15) is 4.79 Å². The molecule has 0 aliphatic carbocycles. The van der Waals surface area contributed by atoms with E-state index in [1.807, 2.05) is 13.8 Å². The molecule has 0 saturated carbocycles. The van der Waals surface area contributed by atoms with Crippen LogP contribution in [0.25, 0.3) is 0 Å². The van der Waals surface area contributed by atoms with Crippen LogP contribution in [-0.2, 0) is 10.2 Å². The molecule has 0 saturated heterocycles. The van der Waals surface area contributed by atoms with E-state index in [0.29, 0.717) is 6.42 Å². The first-order valence-corrected chi connectivity index (χ1v) is 7.09. The fourth-order valence-electron chi connectivity index (χ4n) is 2.43. The van der Waals surface area contributed by atoms with E-state index in [1.165, 1.54) is 5.56 Å². The van der Waals surface area contributed by atoms with E-state index in [4.69, 9.17) is 10.8 Å². The summed E-state index contributed by atoms with van der Waals surface area (Å²) in [5, 5.41) is 8.92. The van der Waals surface area contributed by atoms with Gasteiger partial charge in [0.15, 0.2) is 0 Å². The van der Waals surface area contributed by atoms with Gasteiger partial charge in [0, 0.05) is 6.04 Å². The SMILES string of the molecule is CC(C)(CC(=O)O)CC(N)c1ccc(C(C)(C)C)cc1. The summed E-state index contributed by atoms with van der Waals surface area (Å²) < 4.78 is 0. The monoisotopic (exact) mass is 277 g/mol. The number of nitrogens with two attached hydrogens (primary N) is 1. The van der Waals surface area contributed by atoms with Gasteiger partial charge in [-0.05, 0) is 28.4 Å². The lowest BCUT2D eigenvalue weighted by atomic mass is 9.80. The Balaban J connectivity index is 2.78. The summed E-state index contributed by atoms with van der Waals surface area (Å²) in [4.78, 5) is 10.8. The minimum absolute atomic E-state index is 0.127. The van der Waals surface area contributed by atoms with Crippen LogP contribution in [0.3, 0.4) is 0 Å². The van der Waals surface area contributed by atoms with Gasteiger partial charge in [-0.25, -0.2) is 0 Å². The van der Waals surface area contributed by atoms with Gasteiger partial charge in [0.25, 0.3) is 0 Å². The fourth-order valence-corrected chi connectivity index (χ4v) is 2.43. The second kappa shape index (κ2) is 5.96. The Morgan fingerprint density at radius 1 is 1.15 bits per heavy atom. The van der Waals surface area contributed by atoms with E-state index in [-0.39, 0.29) is 23.3 Å². The van der Waals surface area contributed by atoms with Crippen LogP contribution < -0.4 is 5.73 Å². The molecule has 3 nitrogen and oxygen atoms in total. The van der Waals surface area contributed by atoms with Crippen molar-refractivity contribution in [2.24, 2.45) is 11.1 Å². The highest BCUT2D eigenvalue weighted by atomic mass is 16.4. The third-order valence-electron chi connectivity index (χ3n) is 3.61. The molecule has 1 rings (SSSR count). The molecule has 3 N–H and O–H groups in total. The molecule has 0 amide bonds. The molecule has 0 aliphatic heterocycles. The molecule has 0 aromatic heterocycles. The third-order valence-corrected chi connectivity index (χ3v) is 3.61. The minimum atomic E-state index is -0.773. The number of rotatable bonds is 5. The molecule has 1 unspecified atom stereocenters. The molecule has 0 radical (unpaired) electrons. The van der Waals surface area contributed by atoms with Crippen LogP contribution in [0.5, 0.6) is 0 Å². The van der Waals surface area contributed by atoms with Gasteiger partial charge in [0.05, 0.1) is 6.42 Å². The van der Waals surface area contributed by atoms with E-state index in [1.54, 1.807) is 0 Å². The molecule has 1 atom stereocenters. The molecule has 20 heavy (non-hydrogen) atoms. The molecule has 1 aromatic rings. The van der Waals surface area contributed by atoms with Gasteiger partial charge >= 0.3 is 5.97 Å². The summed E-state index contributed by atoms with van der Waals surface area (Å²) in [6.45, 7) is 10.4. The first kappa shape index (κ1) is 16.7. The second-order valence-electron chi connectivity index (χ2n) is 7.42. The van der Waals surface area contributed by atoms with Gasteiger partial charge in [0.2, 0.25) is 0 Å². The van der Waals surface area contributed by atoms with Crippen LogP contribution in [0.2, 0.25) is 0 Å². The quantitative estimate of drug-likeness (QED) is 0.858. The van der Waals surface area contributed by atoms with Crippen molar-refractivity contribution in [3.63, 3.8) is 0 Å². The molecule has 3 heteroatoms. The standard InChI is InChI=1S/C17H27NO2/c1-16(2,3)13-8-6-12(7-9-13)14(18)10-17(4,5)11-15(19)20/h6-9,14H,10-11,18H2,1-5H3,(H,19,20). The zero-order chi connectivity index (χ0) is 15.6. The summed E-state index contributed by atoms with van der Waals surface area (Å²) in [6, 6.07) is 8.21. The van der Waals surface area contributed by atoms with Crippen LogP contribution in [0.1, 0.15) is 64.6 Å². The summed E-state index contributed by atoms with van der Waals surface area (Å²) in [7, 11) is 0. The first-order valence-electron chi connectivity index (χ1n) is 7.09. The molecule has 0 bridgehead atoms. The molecule has 1 aromatic carbocycles.